The zero-order valence-electron chi connectivity index (χ0n) is 8.28. The molecule has 0 saturated heterocycles. The molecule has 1 heterocycles. The predicted octanol–water partition coefficient (Wildman–Crippen LogP) is 1.45. The molecule has 0 radical (unpaired) electrons. The fourth-order valence-corrected chi connectivity index (χ4v) is 1.77. The molecule has 1 aliphatic heterocycles. The molecule has 14 heavy (non-hydrogen) atoms. The van der Waals surface area contributed by atoms with Crippen LogP contribution >= 0.6 is 0 Å². The second-order valence-corrected chi connectivity index (χ2v) is 3.66. The average Bonchev–Trinajstić information content (AvgIpc) is 2.43. The van der Waals surface area contributed by atoms with Crippen LogP contribution in [0.2, 0.25) is 0 Å². The lowest BCUT2D eigenvalue weighted by atomic mass is 10.1. The van der Waals surface area contributed by atoms with E-state index in [1.54, 1.807) is 31.3 Å². The van der Waals surface area contributed by atoms with Gasteiger partial charge in [-0.2, -0.15) is 4.48 Å². The standard InChI is InChI=1S/C11H12NO2/c1-3-12(2)10(13)8-6-4-5-7-9(8)11(12)14/h4-7H,3H2,1-2H3/q+1. The molecule has 0 aliphatic carbocycles. The third kappa shape index (κ3) is 0.902. The minimum Gasteiger partial charge on any atom is -0.225 e. The lowest BCUT2D eigenvalue weighted by Crippen LogP contribution is -2.48. The highest BCUT2D eigenvalue weighted by Crippen LogP contribution is 2.27. The molecule has 0 N–H and O–H groups in total. The van der Waals surface area contributed by atoms with E-state index in [0.29, 0.717) is 17.7 Å². The Morgan fingerprint density at radius 3 is 1.86 bits per heavy atom. The number of imide groups is 1. The van der Waals surface area contributed by atoms with Gasteiger partial charge in [-0.15, -0.1) is 0 Å². The maximum Gasteiger partial charge on any atom is 0.354 e. The highest BCUT2D eigenvalue weighted by molar-refractivity contribution is 6.13. The van der Waals surface area contributed by atoms with Gasteiger partial charge >= 0.3 is 11.8 Å². The second kappa shape index (κ2) is 2.75. The van der Waals surface area contributed by atoms with E-state index in [-0.39, 0.29) is 16.3 Å². The normalized spacial score (nSPS) is 18.4. The van der Waals surface area contributed by atoms with Gasteiger partial charge in [0.15, 0.2) is 0 Å². The number of hydrogen-bond donors (Lipinski definition) is 0. The van der Waals surface area contributed by atoms with Crippen LogP contribution in [0.4, 0.5) is 0 Å². The third-order valence-corrected chi connectivity index (χ3v) is 2.92. The SMILES string of the molecule is CC[N+]1(C)C(=O)c2ccccc2C1=O. The molecule has 3 nitrogen and oxygen atoms in total. The molecule has 0 unspecified atom stereocenters. The topological polar surface area (TPSA) is 34.1 Å². The first-order chi connectivity index (χ1) is 6.61. The minimum absolute atomic E-state index is 0.0897. The first kappa shape index (κ1) is 9.09. The van der Waals surface area contributed by atoms with Crippen molar-refractivity contribution in [3.63, 3.8) is 0 Å². The Hall–Kier alpha value is -1.48. The van der Waals surface area contributed by atoms with Crippen molar-refractivity contribution >= 4 is 11.8 Å². The van der Waals surface area contributed by atoms with Gasteiger partial charge in [0.1, 0.15) is 0 Å². The largest absolute Gasteiger partial charge is 0.354 e. The summed E-state index contributed by atoms with van der Waals surface area (Å²) in [6, 6.07) is 7.01. The molecule has 1 aromatic carbocycles. The van der Waals surface area contributed by atoms with Crippen LogP contribution < -0.4 is 0 Å². The lowest BCUT2D eigenvalue weighted by molar-refractivity contribution is -0.738. The first-order valence-electron chi connectivity index (χ1n) is 4.65. The van der Waals surface area contributed by atoms with E-state index in [1.165, 1.54) is 0 Å². The van der Waals surface area contributed by atoms with Crippen molar-refractivity contribution in [1.82, 2.24) is 0 Å². The van der Waals surface area contributed by atoms with Crippen LogP contribution in [0.25, 0.3) is 0 Å². The van der Waals surface area contributed by atoms with Gasteiger partial charge in [-0.25, -0.2) is 9.59 Å². The van der Waals surface area contributed by atoms with Gasteiger partial charge in [0.2, 0.25) is 0 Å². The molecular weight excluding hydrogens is 178 g/mol. The van der Waals surface area contributed by atoms with E-state index in [1.807, 2.05) is 6.92 Å². The molecule has 0 bridgehead atoms. The molecule has 0 saturated carbocycles. The van der Waals surface area contributed by atoms with Crippen molar-refractivity contribution in [2.75, 3.05) is 13.6 Å². The van der Waals surface area contributed by atoms with Crippen LogP contribution in [-0.4, -0.2) is 29.9 Å². The van der Waals surface area contributed by atoms with E-state index in [2.05, 4.69) is 0 Å². The van der Waals surface area contributed by atoms with Crippen LogP contribution in [-0.2, 0) is 0 Å². The number of hydrogen-bond acceptors (Lipinski definition) is 2. The highest BCUT2D eigenvalue weighted by Gasteiger charge is 2.49. The molecule has 0 spiro atoms. The molecule has 0 aromatic heterocycles. The summed E-state index contributed by atoms with van der Waals surface area (Å²) in [6.45, 7) is 2.36. The summed E-state index contributed by atoms with van der Waals surface area (Å²) in [5.41, 5.74) is 1.11. The van der Waals surface area contributed by atoms with Crippen LogP contribution in [0.15, 0.2) is 24.3 Å². The molecule has 3 heteroatoms. The summed E-state index contributed by atoms with van der Waals surface area (Å²) >= 11 is 0. The Balaban J connectivity index is 2.65. The number of amides is 2. The molecular formula is C11H12NO2+. The molecule has 1 aliphatic rings. The zero-order chi connectivity index (χ0) is 10.3. The summed E-state index contributed by atoms with van der Waals surface area (Å²) in [6.07, 6.45) is 0. The smallest absolute Gasteiger partial charge is 0.225 e. The molecule has 2 rings (SSSR count). The average molecular weight is 190 g/mol. The van der Waals surface area contributed by atoms with Gasteiger partial charge in [-0.3, -0.25) is 0 Å². The number of carbonyl (C=O) groups is 2. The first-order valence-corrected chi connectivity index (χ1v) is 4.65. The third-order valence-electron chi connectivity index (χ3n) is 2.92. The number of fused-ring (bicyclic) bond motifs is 1. The van der Waals surface area contributed by atoms with Crippen molar-refractivity contribution in [1.29, 1.82) is 0 Å². The Labute approximate surface area is 82.5 Å². The van der Waals surface area contributed by atoms with Crippen molar-refractivity contribution in [2.45, 2.75) is 6.92 Å². The molecule has 1 aromatic rings. The monoisotopic (exact) mass is 190 g/mol. The van der Waals surface area contributed by atoms with Crippen LogP contribution in [0.1, 0.15) is 27.6 Å². The van der Waals surface area contributed by atoms with Gasteiger partial charge in [0, 0.05) is 0 Å². The Kier molecular flexibility index (Phi) is 1.79. The van der Waals surface area contributed by atoms with Gasteiger partial charge in [-0.05, 0) is 19.1 Å². The maximum absolute atomic E-state index is 11.9. The van der Waals surface area contributed by atoms with Crippen LogP contribution in [0.3, 0.4) is 0 Å². The maximum atomic E-state index is 11.9. The number of carbonyl (C=O) groups excluding carboxylic acids is 2. The molecule has 2 amide bonds. The van der Waals surface area contributed by atoms with E-state index in [4.69, 9.17) is 0 Å². The number of benzene rings is 1. The van der Waals surface area contributed by atoms with E-state index >= 15 is 0 Å². The lowest BCUT2D eigenvalue weighted by Gasteiger charge is -2.20. The van der Waals surface area contributed by atoms with Crippen molar-refractivity contribution in [3.05, 3.63) is 35.4 Å². The van der Waals surface area contributed by atoms with Crippen molar-refractivity contribution < 1.29 is 14.1 Å². The highest BCUT2D eigenvalue weighted by atomic mass is 16.2. The van der Waals surface area contributed by atoms with E-state index < -0.39 is 0 Å². The van der Waals surface area contributed by atoms with E-state index in [0.717, 1.165) is 0 Å². The van der Waals surface area contributed by atoms with E-state index in [9.17, 15) is 9.59 Å². The Bertz CT molecular complexity index is 388. The summed E-state index contributed by atoms with van der Waals surface area (Å²) in [4.78, 5) is 23.8. The van der Waals surface area contributed by atoms with Crippen LogP contribution in [0.5, 0.6) is 0 Å². The molecule has 0 atom stereocenters. The fourth-order valence-electron chi connectivity index (χ4n) is 1.77. The zero-order valence-corrected chi connectivity index (χ0v) is 8.28. The van der Waals surface area contributed by atoms with Gasteiger partial charge in [-0.1, -0.05) is 12.1 Å². The summed E-state index contributed by atoms with van der Waals surface area (Å²) < 4.78 is -0.126. The molecule has 72 valence electrons. The minimum atomic E-state index is -0.126. The van der Waals surface area contributed by atoms with Crippen molar-refractivity contribution in [2.24, 2.45) is 0 Å². The van der Waals surface area contributed by atoms with Gasteiger partial charge in [0.05, 0.1) is 24.7 Å². The second-order valence-electron chi connectivity index (χ2n) is 3.66. The quantitative estimate of drug-likeness (QED) is 0.496. The van der Waals surface area contributed by atoms with Gasteiger partial charge in [0.25, 0.3) is 0 Å². The number of rotatable bonds is 1. The fraction of sp³-hybridized carbons (Fsp3) is 0.273. The Morgan fingerprint density at radius 1 is 1.07 bits per heavy atom. The van der Waals surface area contributed by atoms with Gasteiger partial charge < -0.3 is 0 Å². The number of nitrogens with zero attached hydrogens (tertiary/aromatic N) is 1. The summed E-state index contributed by atoms with van der Waals surface area (Å²) in [5, 5.41) is 0. The van der Waals surface area contributed by atoms with Crippen LogP contribution in [0, 0.1) is 0 Å². The predicted molar refractivity (Wildman–Crippen MR) is 51.8 cm³/mol. The summed E-state index contributed by atoms with van der Waals surface area (Å²) in [7, 11) is 1.67. The number of quaternary nitrogens is 1. The summed E-state index contributed by atoms with van der Waals surface area (Å²) in [5.74, 6) is -0.179. The van der Waals surface area contributed by atoms with Crippen molar-refractivity contribution in [3.8, 4) is 0 Å². The Morgan fingerprint density at radius 2 is 1.50 bits per heavy atom. The molecule has 0 fully saturated rings.